The zero-order valence-electron chi connectivity index (χ0n) is 17.2. The van der Waals surface area contributed by atoms with Crippen molar-refractivity contribution >= 4 is 34.0 Å². The molecule has 0 saturated carbocycles. The number of fused-ring (bicyclic) bond motifs is 2. The Kier molecular flexibility index (Phi) is 5.45. The lowest BCUT2D eigenvalue weighted by molar-refractivity contribution is -0.147. The first-order valence-electron chi connectivity index (χ1n) is 10.1. The number of aromatic nitrogens is 2. The van der Waals surface area contributed by atoms with Crippen LogP contribution in [0.1, 0.15) is 10.7 Å². The number of benzene rings is 2. The van der Waals surface area contributed by atoms with Crippen LogP contribution >= 0.6 is 11.3 Å². The van der Waals surface area contributed by atoms with Gasteiger partial charge in [-0.2, -0.15) is 13.2 Å². The summed E-state index contributed by atoms with van der Waals surface area (Å²) in [7, 11) is 0. The molecule has 170 valence electrons. The lowest BCUT2D eigenvalue weighted by atomic mass is 10.2. The van der Waals surface area contributed by atoms with Gasteiger partial charge in [-0.3, -0.25) is 4.79 Å². The van der Waals surface area contributed by atoms with Gasteiger partial charge in [0.1, 0.15) is 19.8 Å². The maximum atomic E-state index is 13.7. The van der Waals surface area contributed by atoms with Crippen molar-refractivity contribution in [3.8, 4) is 11.5 Å². The number of anilines is 1. The standard InChI is InChI=1S/C23H18F3N3O3S/c24-23(25,26)22-27-17-5-1-2-6-18(17)29(22)14-21(30)28(13-16-4-3-11-33-16)15-7-8-19-20(12-15)32-10-9-31-19/h1-8,11-12H,9-10,13-14H2. The van der Waals surface area contributed by atoms with Crippen LogP contribution in [0.25, 0.3) is 11.0 Å². The van der Waals surface area contributed by atoms with E-state index < -0.39 is 24.5 Å². The molecule has 4 aromatic rings. The van der Waals surface area contributed by atoms with Crippen molar-refractivity contribution in [1.82, 2.24) is 9.55 Å². The van der Waals surface area contributed by atoms with Crippen molar-refractivity contribution in [2.24, 2.45) is 0 Å². The van der Waals surface area contributed by atoms with Crippen LogP contribution in [-0.2, 0) is 24.1 Å². The first-order valence-corrected chi connectivity index (χ1v) is 11.0. The van der Waals surface area contributed by atoms with Gasteiger partial charge in [-0.15, -0.1) is 11.3 Å². The molecule has 5 rings (SSSR count). The smallest absolute Gasteiger partial charge is 0.449 e. The fourth-order valence-electron chi connectivity index (χ4n) is 3.75. The summed E-state index contributed by atoms with van der Waals surface area (Å²) in [5.41, 5.74) is 0.939. The lowest BCUT2D eigenvalue weighted by Crippen LogP contribution is -2.34. The first-order chi connectivity index (χ1) is 15.9. The molecule has 1 aliphatic rings. The Morgan fingerprint density at radius 1 is 1.06 bits per heavy atom. The molecule has 2 aromatic carbocycles. The average molecular weight is 473 g/mol. The van der Waals surface area contributed by atoms with E-state index in [4.69, 9.17) is 9.47 Å². The maximum absolute atomic E-state index is 13.7. The summed E-state index contributed by atoms with van der Waals surface area (Å²) >= 11 is 1.46. The third-order valence-corrected chi connectivity index (χ3v) is 6.10. The fraction of sp³-hybridized carbons (Fsp3) is 0.217. The van der Waals surface area contributed by atoms with Crippen molar-refractivity contribution in [3.05, 3.63) is 70.7 Å². The number of para-hydroxylation sites is 2. The zero-order chi connectivity index (χ0) is 23.0. The van der Waals surface area contributed by atoms with Crippen molar-refractivity contribution in [2.45, 2.75) is 19.3 Å². The minimum atomic E-state index is -4.70. The Hall–Kier alpha value is -3.53. The van der Waals surface area contributed by atoms with Gasteiger partial charge in [0.2, 0.25) is 11.7 Å². The molecule has 33 heavy (non-hydrogen) atoms. The number of halogens is 3. The average Bonchev–Trinajstić information content (AvgIpc) is 3.45. The van der Waals surface area contributed by atoms with Crippen LogP contribution in [0.2, 0.25) is 0 Å². The zero-order valence-corrected chi connectivity index (χ0v) is 18.0. The number of hydrogen-bond donors (Lipinski definition) is 0. The molecule has 0 N–H and O–H groups in total. The van der Waals surface area contributed by atoms with Gasteiger partial charge < -0.3 is 18.9 Å². The number of imidazole rings is 1. The van der Waals surface area contributed by atoms with Crippen LogP contribution in [0.3, 0.4) is 0 Å². The van der Waals surface area contributed by atoms with Crippen LogP contribution in [-0.4, -0.2) is 28.7 Å². The Morgan fingerprint density at radius 3 is 2.61 bits per heavy atom. The molecule has 0 aliphatic carbocycles. The van der Waals surface area contributed by atoms with Crippen LogP contribution in [0.5, 0.6) is 11.5 Å². The van der Waals surface area contributed by atoms with Crippen molar-refractivity contribution in [2.75, 3.05) is 18.1 Å². The van der Waals surface area contributed by atoms with Crippen LogP contribution in [0, 0.1) is 0 Å². The van der Waals surface area contributed by atoms with Gasteiger partial charge in [-0.05, 0) is 35.7 Å². The van der Waals surface area contributed by atoms with Gasteiger partial charge in [0.15, 0.2) is 11.5 Å². The molecule has 6 nitrogen and oxygen atoms in total. The normalized spacial score (nSPS) is 13.3. The highest BCUT2D eigenvalue weighted by atomic mass is 32.1. The quantitative estimate of drug-likeness (QED) is 0.404. The molecule has 0 bridgehead atoms. The van der Waals surface area contributed by atoms with Gasteiger partial charge in [0, 0.05) is 16.6 Å². The third kappa shape index (κ3) is 4.25. The van der Waals surface area contributed by atoms with Gasteiger partial charge in [0.05, 0.1) is 17.6 Å². The number of carbonyl (C=O) groups is 1. The third-order valence-electron chi connectivity index (χ3n) is 5.23. The van der Waals surface area contributed by atoms with Crippen molar-refractivity contribution in [3.63, 3.8) is 0 Å². The molecule has 1 amide bonds. The SMILES string of the molecule is O=C(Cn1c(C(F)(F)F)nc2ccccc21)N(Cc1cccs1)c1ccc2c(c1)OCCO2. The summed E-state index contributed by atoms with van der Waals surface area (Å²) in [6.07, 6.45) is -4.70. The molecule has 0 unspecified atom stereocenters. The molecule has 10 heteroatoms. The minimum absolute atomic E-state index is 0.182. The monoisotopic (exact) mass is 473 g/mol. The summed E-state index contributed by atoms with van der Waals surface area (Å²) in [4.78, 5) is 19.6. The predicted molar refractivity (Wildman–Crippen MR) is 118 cm³/mol. The first kappa shape index (κ1) is 21.3. The molecule has 0 fully saturated rings. The number of ether oxygens (including phenoxy) is 2. The second-order valence-electron chi connectivity index (χ2n) is 7.40. The van der Waals surface area contributed by atoms with E-state index in [1.54, 1.807) is 30.3 Å². The molecule has 0 radical (unpaired) electrons. The molecule has 0 atom stereocenters. The Balaban J connectivity index is 1.53. The second-order valence-corrected chi connectivity index (χ2v) is 8.43. The molecule has 0 spiro atoms. The molecule has 1 aliphatic heterocycles. The van der Waals surface area contributed by atoms with E-state index in [1.807, 2.05) is 17.5 Å². The number of thiophene rings is 1. The minimum Gasteiger partial charge on any atom is -0.486 e. The number of amides is 1. The number of carbonyl (C=O) groups excluding carboxylic acids is 1. The van der Waals surface area contributed by atoms with Crippen LogP contribution < -0.4 is 14.4 Å². The highest BCUT2D eigenvalue weighted by Gasteiger charge is 2.38. The number of nitrogens with zero attached hydrogens (tertiary/aromatic N) is 3. The lowest BCUT2D eigenvalue weighted by Gasteiger charge is -2.26. The summed E-state index contributed by atoms with van der Waals surface area (Å²) in [6, 6.07) is 15.1. The number of rotatable bonds is 5. The van der Waals surface area contributed by atoms with E-state index in [0.29, 0.717) is 30.4 Å². The van der Waals surface area contributed by atoms with E-state index in [0.717, 1.165) is 9.44 Å². The summed E-state index contributed by atoms with van der Waals surface area (Å²) in [6.45, 7) is 0.503. The van der Waals surface area contributed by atoms with Crippen LogP contribution in [0.15, 0.2) is 60.0 Å². The highest BCUT2D eigenvalue weighted by Crippen LogP contribution is 2.36. The Labute approximate surface area is 190 Å². The fourth-order valence-corrected chi connectivity index (χ4v) is 4.45. The van der Waals surface area contributed by atoms with E-state index in [9.17, 15) is 18.0 Å². The maximum Gasteiger partial charge on any atom is 0.449 e. The van der Waals surface area contributed by atoms with Crippen molar-refractivity contribution in [1.29, 1.82) is 0 Å². The van der Waals surface area contributed by atoms with Gasteiger partial charge in [-0.25, -0.2) is 4.98 Å². The number of alkyl halides is 3. The molecule has 3 heterocycles. The van der Waals surface area contributed by atoms with Crippen molar-refractivity contribution < 1.29 is 27.4 Å². The topological polar surface area (TPSA) is 56.6 Å². The highest BCUT2D eigenvalue weighted by molar-refractivity contribution is 7.09. The van der Waals surface area contributed by atoms with Gasteiger partial charge >= 0.3 is 6.18 Å². The molecular formula is C23H18F3N3O3S. The predicted octanol–water partition coefficient (Wildman–Crippen LogP) is 5.12. The van der Waals surface area contributed by atoms with E-state index in [1.165, 1.54) is 28.4 Å². The second kappa shape index (κ2) is 8.43. The van der Waals surface area contributed by atoms with E-state index >= 15 is 0 Å². The Morgan fingerprint density at radius 2 is 1.85 bits per heavy atom. The molecular weight excluding hydrogens is 455 g/mol. The summed E-state index contributed by atoms with van der Waals surface area (Å²) in [5.74, 6) is -0.552. The van der Waals surface area contributed by atoms with E-state index in [-0.39, 0.29) is 17.6 Å². The van der Waals surface area contributed by atoms with Gasteiger partial charge in [0.25, 0.3) is 0 Å². The summed E-state index contributed by atoms with van der Waals surface area (Å²) in [5, 5.41) is 1.88. The largest absolute Gasteiger partial charge is 0.486 e. The van der Waals surface area contributed by atoms with Crippen LogP contribution in [0.4, 0.5) is 18.9 Å². The molecule has 0 saturated heterocycles. The van der Waals surface area contributed by atoms with Gasteiger partial charge in [-0.1, -0.05) is 18.2 Å². The number of hydrogen-bond acceptors (Lipinski definition) is 5. The Bertz CT molecular complexity index is 1300. The molecule has 2 aromatic heterocycles. The van der Waals surface area contributed by atoms with E-state index in [2.05, 4.69) is 4.98 Å². The summed E-state index contributed by atoms with van der Waals surface area (Å²) < 4.78 is 53.3.